The van der Waals surface area contributed by atoms with Gasteiger partial charge in [0.25, 0.3) is 0 Å². The Labute approximate surface area is 152 Å². The molecule has 0 atom stereocenters. The number of hydrogen-bond acceptors (Lipinski definition) is 3. The van der Waals surface area contributed by atoms with E-state index in [9.17, 15) is 4.79 Å². The van der Waals surface area contributed by atoms with Crippen molar-refractivity contribution in [3.05, 3.63) is 35.9 Å². The monoisotopic (exact) mass is 343 g/mol. The third-order valence-electron chi connectivity index (χ3n) is 5.91. The van der Waals surface area contributed by atoms with Crippen LogP contribution in [-0.2, 0) is 11.3 Å². The second-order valence-electron chi connectivity index (χ2n) is 7.70. The Morgan fingerprint density at radius 2 is 1.72 bits per heavy atom. The van der Waals surface area contributed by atoms with Gasteiger partial charge in [-0.25, -0.2) is 0 Å². The van der Waals surface area contributed by atoms with Gasteiger partial charge in [0.15, 0.2) is 0 Å². The zero-order valence-corrected chi connectivity index (χ0v) is 15.6. The lowest BCUT2D eigenvalue weighted by Crippen LogP contribution is -2.45. The Balaban J connectivity index is 1.40. The van der Waals surface area contributed by atoms with Crippen LogP contribution in [-0.4, -0.2) is 55.5 Å². The molecule has 3 rings (SSSR count). The number of nitrogens with one attached hydrogen (secondary N) is 1. The van der Waals surface area contributed by atoms with Crippen LogP contribution in [0.3, 0.4) is 0 Å². The molecule has 0 aliphatic carbocycles. The fraction of sp³-hybridized carbons (Fsp3) is 0.667. The number of likely N-dealkylation sites (tertiary alicyclic amines) is 2. The van der Waals surface area contributed by atoms with Crippen LogP contribution in [0.1, 0.15) is 37.7 Å². The highest BCUT2D eigenvalue weighted by molar-refractivity contribution is 5.79. The lowest BCUT2D eigenvalue weighted by Gasteiger charge is -2.37. The number of hydrogen-bond donors (Lipinski definition) is 1. The maximum Gasteiger partial charge on any atom is 0.225 e. The van der Waals surface area contributed by atoms with E-state index in [1.54, 1.807) is 0 Å². The summed E-state index contributed by atoms with van der Waals surface area (Å²) >= 11 is 0. The van der Waals surface area contributed by atoms with Gasteiger partial charge in [0.1, 0.15) is 0 Å². The van der Waals surface area contributed by atoms with Crippen LogP contribution in [0.15, 0.2) is 30.3 Å². The first-order valence-corrected chi connectivity index (χ1v) is 9.96. The van der Waals surface area contributed by atoms with Gasteiger partial charge in [-0.3, -0.25) is 9.69 Å². The number of carbonyl (C=O) groups is 1. The van der Waals surface area contributed by atoms with Gasteiger partial charge in [-0.15, -0.1) is 0 Å². The summed E-state index contributed by atoms with van der Waals surface area (Å²) in [7, 11) is 2.02. The molecular formula is C21H33N3O. The van der Waals surface area contributed by atoms with Crippen molar-refractivity contribution in [3.8, 4) is 0 Å². The lowest BCUT2D eigenvalue weighted by atomic mass is 9.90. The summed E-state index contributed by atoms with van der Waals surface area (Å²) in [4.78, 5) is 17.5. The number of carbonyl (C=O) groups excluding carboxylic acids is 1. The quantitative estimate of drug-likeness (QED) is 0.863. The summed E-state index contributed by atoms with van der Waals surface area (Å²) in [5, 5.41) is 3.24. The summed E-state index contributed by atoms with van der Waals surface area (Å²) in [6.07, 6.45) is 5.65. The van der Waals surface area contributed by atoms with Gasteiger partial charge in [0.2, 0.25) is 5.91 Å². The van der Waals surface area contributed by atoms with E-state index in [1.807, 2.05) is 7.05 Å². The molecule has 0 aromatic heterocycles. The predicted octanol–water partition coefficient (Wildman–Crippen LogP) is 2.75. The number of rotatable bonds is 6. The van der Waals surface area contributed by atoms with Gasteiger partial charge in [-0.05, 0) is 70.3 Å². The molecule has 2 fully saturated rings. The van der Waals surface area contributed by atoms with Crippen LogP contribution in [0.5, 0.6) is 0 Å². The maximum atomic E-state index is 12.8. The zero-order chi connectivity index (χ0) is 17.5. The van der Waals surface area contributed by atoms with Crippen LogP contribution in [0.4, 0.5) is 0 Å². The van der Waals surface area contributed by atoms with Gasteiger partial charge >= 0.3 is 0 Å². The molecule has 0 saturated carbocycles. The largest absolute Gasteiger partial charge is 0.342 e. The molecule has 0 unspecified atom stereocenters. The van der Waals surface area contributed by atoms with E-state index >= 15 is 0 Å². The number of amides is 1. The summed E-state index contributed by atoms with van der Waals surface area (Å²) < 4.78 is 0. The third-order valence-corrected chi connectivity index (χ3v) is 5.91. The molecular weight excluding hydrogens is 310 g/mol. The Morgan fingerprint density at radius 1 is 1.04 bits per heavy atom. The van der Waals surface area contributed by atoms with E-state index < -0.39 is 0 Å². The lowest BCUT2D eigenvalue weighted by molar-refractivity contribution is -0.138. The Kier molecular flexibility index (Phi) is 6.88. The Hall–Kier alpha value is -1.39. The molecule has 138 valence electrons. The molecule has 2 saturated heterocycles. The first-order valence-electron chi connectivity index (χ1n) is 9.96. The fourth-order valence-electron chi connectivity index (χ4n) is 4.23. The van der Waals surface area contributed by atoms with Crippen LogP contribution < -0.4 is 5.32 Å². The number of benzene rings is 1. The van der Waals surface area contributed by atoms with Crippen molar-refractivity contribution in [1.29, 1.82) is 0 Å². The highest BCUT2D eigenvalue weighted by Crippen LogP contribution is 2.25. The van der Waals surface area contributed by atoms with Crippen molar-refractivity contribution in [1.82, 2.24) is 15.1 Å². The van der Waals surface area contributed by atoms with Crippen LogP contribution in [0.25, 0.3) is 0 Å². The topological polar surface area (TPSA) is 35.6 Å². The van der Waals surface area contributed by atoms with Crippen molar-refractivity contribution in [2.75, 3.05) is 39.8 Å². The molecule has 25 heavy (non-hydrogen) atoms. The maximum absolute atomic E-state index is 12.8. The molecule has 1 amide bonds. The normalized spacial score (nSPS) is 20.8. The molecule has 1 aromatic carbocycles. The molecule has 1 N–H and O–H groups in total. The van der Waals surface area contributed by atoms with E-state index in [1.165, 1.54) is 24.8 Å². The van der Waals surface area contributed by atoms with Gasteiger partial charge in [-0.1, -0.05) is 30.3 Å². The highest BCUT2D eigenvalue weighted by atomic mass is 16.2. The van der Waals surface area contributed by atoms with E-state index in [4.69, 9.17) is 0 Å². The van der Waals surface area contributed by atoms with E-state index in [0.29, 0.717) is 5.91 Å². The van der Waals surface area contributed by atoms with Crippen LogP contribution >= 0.6 is 0 Å². The molecule has 2 aliphatic rings. The van der Waals surface area contributed by atoms with Gasteiger partial charge < -0.3 is 10.2 Å². The molecule has 4 nitrogen and oxygen atoms in total. The second kappa shape index (κ2) is 9.35. The average molecular weight is 344 g/mol. The highest BCUT2D eigenvalue weighted by Gasteiger charge is 2.30. The van der Waals surface area contributed by atoms with Crippen LogP contribution in [0.2, 0.25) is 0 Å². The van der Waals surface area contributed by atoms with Crippen molar-refractivity contribution in [2.24, 2.45) is 11.8 Å². The summed E-state index contributed by atoms with van der Waals surface area (Å²) in [5.74, 6) is 1.47. The van der Waals surface area contributed by atoms with Crippen molar-refractivity contribution in [3.63, 3.8) is 0 Å². The smallest absolute Gasteiger partial charge is 0.225 e. The first-order chi connectivity index (χ1) is 12.3. The fourth-order valence-corrected chi connectivity index (χ4v) is 4.23. The first kappa shape index (κ1) is 18.4. The number of piperidine rings is 2. The van der Waals surface area contributed by atoms with Gasteiger partial charge in [0, 0.05) is 25.6 Å². The van der Waals surface area contributed by atoms with Crippen molar-refractivity contribution < 1.29 is 4.79 Å². The zero-order valence-electron chi connectivity index (χ0n) is 15.6. The molecule has 1 aromatic rings. The van der Waals surface area contributed by atoms with Crippen LogP contribution in [0, 0.1) is 11.8 Å². The average Bonchev–Trinajstić information content (AvgIpc) is 2.68. The molecule has 0 radical (unpaired) electrons. The van der Waals surface area contributed by atoms with Gasteiger partial charge in [0.05, 0.1) is 0 Å². The van der Waals surface area contributed by atoms with Gasteiger partial charge in [-0.2, -0.15) is 0 Å². The summed E-state index contributed by atoms with van der Waals surface area (Å²) in [6.45, 7) is 6.14. The number of nitrogens with zero attached hydrogens (tertiary/aromatic N) is 2. The Morgan fingerprint density at radius 3 is 2.36 bits per heavy atom. The predicted molar refractivity (Wildman–Crippen MR) is 102 cm³/mol. The van der Waals surface area contributed by atoms with E-state index in [0.717, 1.165) is 58.0 Å². The molecule has 2 aliphatic heterocycles. The molecule has 0 spiro atoms. The third kappa shape index (κ3) is 5.29. The van der Waals surface area contributed by atoms with Crippen molar-refractivity contribution in [2.45, 2.75) is 38.6 Å². The summed E-state index contributed by atoms with van der Waals surface area (Å²) in [6, 6.07) is 10.7. The van der Waals surface area contributed by atoms with E-state index in [2.05, 4.69) is 45.4 Å². The SMILES string of the molecule is CNCCC1CCN(C(=O)C2CCN(Cc3ccccc3)CC2)CC1. The minimum atomic E-state index is 0.251. The second-order valence-corrected chi connectivity index (χ2v) is 7.70. The molecule has 4 heteroatoms. The minimum Gasteiger partial charge on any atom is -0.342 e. The summed E-state index contributed by atoms with van der Waals surface area (Å²) in [5.41, 5.74) is 1.37. The standard InChI is InChI=1S/C21H33N3O/c1-22-12-7-18-8-15-24(16-9-18)21(25)20-10-13-23(14-11-20)17-19-5-3-2-4-6-19/h2-6,18,20,22H,7-17H2,1H3. The molecule has 2 heterocycles. The van der Waals surface area contributed by atoms with Crippen molar-refractivity contribution >= 4 is 5.91 Å². The minimum absolute atomic E-state index is 0.251. The Bertz CT molecular complexity index is 517. The molecule has 0 bridgehead atoms. The van der Waals surface area contributed by atoms with E-state index in [-0.39, 0.29) is 5.92 Å².